The number of carbonyl (C=O) groups is 1. The molecule has 0 aromatic carbocycles. The van der Waals surface area contributed by atoms with Gasteiger partial charge >= 0.3 is 6.09 Å². The monoisotopic (exact) mass is 379 g/mol. The quantitative estimate of drug-likeness (QED) is 0.447. The maximum Gasteiger partial charge on any atom is 0.404 e. The smallest absolute Gasteiger partial charge is 0.404 e. The highest BCUT2D eigenvalue weighted by molar-refractivity contribution is 7.59. The Morgan fingerprint density at radius 1 is 1.29 bits per heavy atom. The number of hydrogen-bond acceptors (Lipinski definition) is 4. The summed E-state index contributed by atoms with van der Waals surface area (Å²) in [6, 6.07) is -0.497. The molecule has 0 aliphatic heterocycles. The van der Waals surface area contributed by atoms with Crippen LogP contribution in [-0.2, 0) is 13.5 Å². The van der Waals surface area contributed by atoms with Gasteiger partial charge in [-0.2, -0.15) is 0 Å². The van der Waals surface area contributed by atoms with Crippen LogP contribution in [0, 0.1) is 5.92 Å². The van der Waals surface area contributed by atoms with E-state index < -0.39 is 33.7 Å². The van der Waals surface area contributed by atoms with Crippen LogP contribution in [0.2, 0.25) is 19.6 Å². The summed E-state index contributed by atoms with van der Waals surface area (Å²) in [5.74, 6) is -0.261. The molecule has 1 aliphatic rings. The van der Waals surface area contributed by atoms with E-state index >= 15 is 0 Å². The van der Waals surface area contributed by atoms with E-state index in [1.807, 2.05) is 26.6 Å². The summed E-state index contributed by atoms with van der Waals surface area (Å²) in [6.07, 6.45) is 5.70. The van der Waals surface area contributed by atoms with Crippen LogP contribution in [0.3, 0.4) is 0 Å². The molecule has 1 saturated carbocycles. The van der Waals surface area contributed by atoms with Crippen molar-refractivity contribution in [3.63, 3.8) is 0 Å². The third-order valence-electron chi connectivity index (χ3n) is 4.58. The molecule has 142 valence electrons. The molecule has 0 bridgehead atoms. The lowest BCUT2D eigenvalue weighted by Crippen LogP contribution is -2.49. The van der Waals surface area contributed by atoms with Crippen LogP contribution >= 0.6 is 7.37 Å². The lowest BCUT2D eigenvalue weighted by molar-refractivity contribution is 0.148. The fourth-order valence-corrected chi connectivity index (χ4v) is 7.45. The van der Waals surface area contributed by atoms with Gasteiger partial charge in [-0.05, 0) is 32.0 Å². The van der Waals surface area contributed by atoms with E-state index in [0.717, 1.165) is 12.8 Å². The van der Waals surface area contributed by atoms with Gasteiger partial charge in [-0.1, -0.05) is 39.0 Å². The molecule has 1 aliphatic carbocycles. The van der Waals surface area contributed by atoms with E-state index in [2.05, 4.69) is 5.32 Å². The Morgan fingerprint density at radius 2 is 1.88 bits per heavy atom. The van der Waals surface area contributed by atoms with E-state index in [4.69, 9.17) is 8.95 Å². The zero-order valence-corrected chi connectivity index (χ0v) is 17.6. The first kappa shape index (κ1) is 21.7. The van der Waals surface area contributed by atoms with Crippen LogP contribution in [0.5, 0.6) is 0 Å². The maximum absolute atomic E-state index is 13.2. The standard InChI is InChI=1S/C16H34NO5PSi/c1-6-23(20,21-2)15(22-24(3,4)5)14(17-16(18)19)12-13-10-8-7-9-11-13/h13-15,17H,6-12H2,1-5H3,(H,18,19)/t14-,15?,23?/m0/s1. The summed E-state index contributed by atoms with van der Waals surface area (Å²) >= 11 is 0. The van der Waals surface area contributed by atoms with Crippen molar-refractivity contribution in [2.45, 2.75) is 77.0 Å². The Morgan fingerprint density at radius 3 is 2.29 bits per heavy atom. The minimum absolute atomic E-state index is 0.334. The molecule has 0 aromatic heterocycles. The lowest BCUT2D eigenvalue weighted by Gasteiger charge is -2.38. The second-order valence-corrected chi connectivity index (χ2v) is 15.1. The van der Waals surface area contributed by atoms with Gasteiger partial charge in [0.2, 0.25) is 7.37 Å². The zero-order chi connectivity index (χ0) is 18.4. The Bertz CT molecular complexity index is 440. The van der Waals surface area contributed by atoms with Gasteiger partial charge in [0.15, 0.2) is 8.32 Å². The summed E-state index contributed by atoms with van der Waals surface area (Å²) in [7, 11) is -3.67. The topological polar surface area (TPSA) is 84.9 Å². The van der Waals surface area contributed by atoms with Gasteiger partial charge in [0.05, 0.1) is 6.04 Å². The first-order valence-corrected chi connectivity index (χ1v) is 14.2. The lowest BCUT2D eigenvalue weighted by atomic mass is 9.85. The molecule has 0 saturated heterocycles. The first-order valence-electron chi connectivity index (χ1n) is 8.93. The first-order chi connectivity index (χ1) is 11.1. The number of nitrogens with one attached hydrogen (secondary N) is 1. The van der Waals surface area contributed by atoms with Gasteiger partial charge in [0.25, 0.3) is 0 Å². The molecule has 0 aromatic rings. The molecule has 1 amide bonds. The Hall–Kier alpha value is -0.363. The van der Waals surface area contributed by atoms with Crippen molar-refractivity contribution in [3.05, 3.63) is 0 Å². The van der Waals surface area contributed by atoms with Crippen molar-refractivity contribution in [2.24, 2.45) is 5.92 Å². The van der Waals surface area contributed by atoms with Gasteiger partial charge in [-0.15, -0.1) is 0 Å². The summed E-state index contributed by atoms with van der Waals surface area (Å²) in [6.45, 7) is 7.87. The van der Waals surface area contributed by atoms with Crippen LogP contribution in [0.4, 0.5) is 4.79 Å². The van der Waals surface area contributed by atoms with Crippen molar-refractivity contribution in [1.29, 1.82) is 0 Å². The molecule has 1 fully saturated rings. The van der Waals surface area contributed by atoms with Gasteiger partial charge < -0.3 is 19.4 Å². The normalized spacial score (nSPS) is 21.7. The molecule has 0 spiro atoms. The molecule has 1 rings (SSSR count). The van der Waals surface area contributed by atoms with Crippen LogP contribution < -0.4 is 5.32 Å². The van der Waals surface area contributed by atoms with Crippen molar-refractivity contribution in [2.75, 3.05) is 13.3 Å². The van der Waals surface area contributed by atoms with Crippen molar-refractivity contribution in [1.82, 2.24) is 5.32 Å². The van der Waals surface area contributed by atoms with Crippen molar-refractivity contribution < 1.29 is 23.4 Å². The number of carboxylic acid groups (broad SMARTS) is 1. The third kappa shape index (κ3) is 6.87. The molecule has 24 heavy (non-hydrogen) atoms. The SMILES string of the molecule is CCP(=O)(OC)C(O[Si](C)(C)C)[C@H](CC1CCCCC1)NC(=O)O. The second kappa shape index (κ2) is 9.37. The molecule has 3 atom stereocenters. The minimum Gasteiger partial charge on any atom is -0.465 e. The van der Waals surface area contributed by atoms with E-state index in [1.165, 1.54) is 26.4 Å². The van der Waals surface area contributed by atoms with E-state index in [9.17, 15) is 14.5 Å². The average Bonchev–Trinajstić information content (AvgIpc) is 2.51. The fourth-order valence-electron chi connectivity index (χ4n) is 3.40. The molecule has 8 heteroatoms. The van der Waals surface area contributed by atoms with E-state index in [1.54, 1.807) is 0 Å². The fraction of sp³-hybridized carbons (Fsp3) is 0.938. The van der Waals surface area contributed by atoms with Gasteiger partial charge in [-0.25, -0.2) is 4.79 Å². The largest absolute Gasteiger partial charge is 0.465 e. The summed E-state index contributed by atoms with van der Waals surface area (Å²) in [5, 5.41) is 11.9. The summed E-state index contributed by atoms with van der Waals surface area (Å²) < 4.78 is 24.8. The second-order valence-electron chi connectivity index (χ2n) is 7.64. The van der Waals surface area contributed by atoms with Crippen molar-refractivity contribution in [3.8, 4) is 0 Å². The highest BCUT2D eigenvalue weighted by Crippen LogP contribution is 2.54. The maximum atomic E-state index is 13.2. The molecular weight excluding hydrogens is 345 g/mol. The van der Waals surface area contributed by atoms with Gasteiger partial charge in [0, 0.05) is 13.3 Å². The van der Waals surface area contributed by atoms with E-state index in [0.29, 0.717) is 18.5 Å². The Labute approximate surface area is 147 Å². The Balaban J connectivity index is 3.07. The van der Waals surface area contributed by atoms with Crippen LogP contribution in [-0.4, -0.2) is 44.7 Å². The van der Waals surface area contributed by atoms with Crippen LogP contribution in [0.1, 0.15) is 45.4 Å². The van der Waals surface area contributed by atoms with Crippen LogP contribution in [0.15, 0.2) is 0 Å². The third-order valence-corrected chi connectivity index (χ3v) is 8.48. The predicted octanol–water partition coefficient (Wildman–Crippen LogP) is 4.72. The zero-order valence-electron chi connectivity index (χ0n) is 15.7. The van der Waals surface area contributed by atoms with Gasteiger partial charge in [-0.3, -0.25) is 4.57 Å². The van der Waals surface area contributed by atoms with Crippen LogP contribution in [0.25, 0.3) is 0 Å². The highest BCUT2D eigenvalue weighted by Gasteiger charge is 2.43. The number of rotatable bonds is 9. The number of hydrogen-bond donors (Lipinski definition) is 2. The summed E-state index contributed by atoms with van der Waals surface area (Å²) in [5.41, 5.74) is 0. The van der Waals surface area contributed by atoms with Crippen molar-refractivity contribution >= 4 is 21.8 Å². The summed E-state index contributed by atoms with van der Waals surface area (Å²) in [4.78, 5) is 11.3. The minimum atomic E-state index is -3.08. The molecular formula is C16H34NO5PSi. The molecule has 6 nitrogen and oxygen atoms in total. The Kier molecular flexibility index (Phi) is 8.46. The molecule has 0 radical (unpaired) electrons. The molecule has 2 N–H and O–H groups in total. The van der Waals surface area contributed by atoms with Gasteiger partial charge in [0.1, 0.15) is 5.85 Å². The number of amides is 1. The molecule has 0 heterocycles. The average molecular weight is 380 g/mol. The predicted molar refractivity (Wildman–Crippen MR) is 99.5 cm³/mol. The molecule has 2 unspecified atom stereocenters. The highest BCUT2D eigenvalue weighted by atomic mass is 31.2. The van der Waals surface area contributed by atoms with E-state index in [-0.39, 0.29) is 0 Å².